The predicted octanol–water partition coefficient (Wildman–Crippen LogP) is 1.24. The molecule has 0 aromatic heterocycles. The molecule has 2 fully saturated rings. The van der Waals surface area contributed by atoms with Gasteiger partial charge in [0.15, 0.2) is 0 Å². The minimum atomic E-state index is 0.783. The van der Waals surface area contributed by atoms with Gasteiger partial charge in [-0.1, -0.05) is 6.42 Å². The summed E-state index contributed by atoms with van der Waals surface area (Å²) in [5.74, 6) is 0. The lowest BCUT2D eigenvalue weighted by molar-refractivity contribution is 0.101. The molecule has 88 valence electrons. The number of nitrogens with one attached hydrogen (secondary N) is 1. The first-order valence-electron chi connectivity index (χ1n) is 6.47. The monoisotopic (exact) mass is 212 g/mol. The largest absolute Gasteiger partial charge is 0.382 e. The van der Waals surface area contributed by atoms with Gasteiger partial charge in [-0.05, 0) is 26.2 Å². The van der Waals surface area contributed by atoms with Crippen molar-refractivity contribution in [2.45, 2.75) is 44.7 Å². The van der Waals surface area contributed by atoms with E-state index in [1.165, 1.54) is 45.3 Å². The van der Waals surface area contributed by atoms with Crippen molar-refractivity contribution in [3.63, 3.8) is 0 Å². The second-order valence-electron chi connectivity index (χ2n) is 4.65. The summed E-state index contributed by atoms with van der Waals surface area (Å²) in [5, 5.41) is 3.64. The Morgan fingerprint density at radius 1 is 1.40 bits per heavy atom. The molecule has 3 heteroatoms. The van der Waals surface area contributed by atoms with Crippen molar-refractivity contribution in [3.8, 4) is 0 Å². The molecular formula is C12H24N2O. The molecule has 1 aliphatic carbocycles. The molecule has 1 saturated carbocycles. The van der Waals surface area contributed by atoms with Gasteiger partial charge in [0.2, 0.25) is 0 Å². The van der Waals surface area contributed by atoms with Crippen molar-refractivity contribution in [1.29, 1.82) is 0 Å². The van der Waals surface area contributed by atoms with Crippen LogP contribution in [-0.4, -0.2) is 49.8 Å². The zero-order valence-electron chi connectivity index (χ0n) is 9.87. The summed E-state index contributed by atoms with van der Waals surface area (Å²) >= 11 is 0. The van der Waals surface area contributed by atoms with E-state index in [1.54, 1.807) is 0 Å². The number of piperazine rings is 1. The molecule has 1 aliphatic heterocycles. The van der Waals surface area contributed by atoms with E-state index >= 15 is 0 Å². The number of nitrogens with zero attached hydrogens (tertiary/aromatic N) is 1. The van der Waals surface area contributed by atoms with Crippen molar-refractivity contribution >= 4 is 0 Å². The highest BCUT2D eigenvalue weighted by molar-refractivity contribution is 4.93. The maximum absolute atomic E-state index is 5.39. The molecular weight excluding hydrogens is 188 g/mol. The molecule has 0 spiro atoms. The Bertz CT molecular complexity index is 186. The van der Waals surface area contributed by atoms with E-state index < -0.39 is 0 Å². The van der Waals surface area contributed by atoms with Crippen molar-refractivity contribution in [1.82, 2.24) is 10.2 Å². The molecule has 2 atom stereocenters. The summed E-state index contributed by atoms with van der Waals surface area (Å²) < 4.78 is 5.39. The first-order chi connectivity index (χ1) is 7.42. The standard InChI is InChI=1S/C12H24N2O/c1-2-15-10-4-8-14-9-7-13-11-5-3-6-12(11)14/h11-13H,2-10H2,1H3. The molecule has 0 radical (unpaired) electrons. The summed E-state index contributed by atoms with van der Waals surface area (Å²) in [6.07, 6.45) is 5.38. The summed E-state index contributed by atoms with van der Waals surface area (Å²) in [6.45, 7) is 7.48. The van der Waals surface area contributed by atoms with Gasteiger partial charge in [-0.3, -0.25) is 4.90 Å². The first kappa shape index (κ1) is 11.4. The lowest BCUT2D eigenvalue weighted by atomic mass is 10.1. The van der Waals surface area contributed by atoms with Gasteiger partial charge < -0.3 is 10.1 Å². The van der Waals surface area contributed by atoms with E-state index in [-0.39, 0.29) is 0 Å². The number of fused-ring (bicyclic) bond motifs is 1. The second-order valence-corrected chi connectivity index (χ2v) is 4.65. The Kier molecular flexibility index (Phi) is 4.42. The van der Waals surface area contributed by atoms with Crippen LogP contribution >= 0.6 is 0 Å². The molecule has 0 aromatic rings. The van der Waals surface area contributed by atoms with Crippen molar-refractivity contribution in [3.05, 3.63) is 0 Å². The minimum absolute atomic E-state index is 0.783. The maximum atomic E-state index is 5.39. The number of ether oxygens (including phenoxy) is 1. The van der Waals surface area contributed by atoms with Gasteiger partial charge in [0.05, 0.1) is 0 Å². The quantitative estimate of drug-likeness (QED) is 0.694. The fraction of sp³-hybridized carbons (Fsp3) is 1.00. The minimum Gasteiger partial charge on any atom is -0.382 e. The third kappa shape index (κ3) is 2.92. The van der Waals surface area contributed by atoms with E-state index in [2.05, 4.69) is 17.1 Å². The fourth-order valence-corrected chi connectivity index (χ4v) is 2.97. The van der Waals surface area contributed by atoms with Crippen molar-refractivity contribution in [2.75, 3.05) is 32.8 Å². The van der Waals surface area contributed by atoms with Crippen molar-refractivity contribution in [2.24, 2.45) is 0 Å². The molecule has 2 aliphatic rings. The molecule has 2 unspecified atom stereocenters. The zero-order chi connectivity index (χ0) is 10.5. The predicted molar refractivity (Wildman–Crippen MR) is 62.1 cm³/mol. The van der Waals surface area contributed by atoms with Crippen LogP contribution in [0.25, 0.3) is 0 Å². The summed E-state index contributed by atoms with van der Waals surface area (Å²) in [4.78, 5) is 2.67. The Balaban J connectivity index is 1.71. The Hall–Kier alpha value is -0.120. The third-order valence-corrected chi connectivity index (χ3v) is 3.69. The summed E-state index contributed by atoms with van der Waals surface area (Å²) in [5.41, 5.74) is 0. The highest BCUT2D eigenvalue weighted by Crippen LogP contribution is 2.26. The van der Waals surface area contributed by atoms with Crippen LogP contribution in [0.15, 0.2) is 0 Å². The van der Waals surface area contributed by atoms with Crippen LogP contribution in [0.1, 0.15) is 32.6 Å². The second kappa shape index (κ2) is 5.83. The van der Waals surface area contributed by atoms with Crippen molar-refractivity contribution < 1.29 is 4.74 Å². The third-order valence-electron chi connectivity index (χ3n) is 3.69. The van der Waals surface area contributed by atoms with E-state index in [0.29, 0.717) is 0 Å². The van der Waals surface area contributed by atoms with E-state index in [1.807, 2.05) is 0 Å². The average Bonchev–Trinajstić information content (AvgIpc) is 2.73. The molecule has 1 saturated heterocycles. The normalized spacial score (nSPS) is 31.8. The van der Waals surface area contributed by atoms with Crippen LogP contribution in [0.5, 0.6) is 0 Å². The van der Waals surface area contributed by atoms with Gasteiger partial charge in [0.1, 0.15) is 0 Å². The number of hydrogen-bond donors (Lipinski definition) is 1. The molecule has 0 bridgehead atoms. The lowest BCUT2D eigenvalue weighted by Gasteiger charge is -2.38. The molecule has 2 rings (SSSR count). The highest BCUT2D eigenvalue weighted by Gasteiger charge is 2.34. The first-order valence-corrected chi connectivity index (χ1v) is 6.47. The lowest BCUT2D eigenvalue weighted by Crippen LogP contribution is -2.55. The smallest absolute Gasteiger partial charge is 0.0478 e. The summed E-state index contributed by atoms with van der Waals surface area (Å²) in [6, 6.07) is 1.60. The number of hydrogen-bond acceptors (Lipinski definition) is 3. The Morgan fingerprint density at radius 3 is 3.20 bits per heavy atom. The average molecular weight is 212 g/mol. The highest BCUT2D eigenvalue weighted by atomic mass is 16.5. The molecule has 0 aromatic carbocycles. The van der Waals surface area contributed by atoms with Crippen LogP contribution in [0.2, 0.25) is 0 Å². The van der Waals surface area contributed by atoms with Crippen LogP contribution in [0.3, 0.4) is 0 Å². The van der Waals surface area contributed by atoms with Crippen LogP contribution in [0.4, 0.5) is 0 Å². The molecule has 0 amide bonds. The van der Waals surface area contributed by atoms with Crippen LogP contribution in [0, 0.1) is 0 Å². The SMILES string of the molecule is CCOCCCN1CCNC2CCCC21. The Morgan fingerprint density at radius 2 is 2.33 bits per heavy atom. The van der Waals surface area contributed by atoms with Gasteiger partial charge in [-0.15, -0.1) is 0 Å². The fourth-order valence-electron chi connectivity index (χ4n) is 2.97. The van der Waals surface area contributed by atoms with Crippen LogP contribution in [-0.2, 0) is 4.74 Å². The van der Waals surface area contributed by atoms with E-state index in [9.17, 15) is 0 Å². The molecule has 1 heterocycles. The van der Waals surface area contributed by atoms with Gasteiger partial charge in [0, 0.05) is 44.9 Å². The van der Waals surface area contributed by atoms with Gasteiger partial charge >= 0.3 is 0 Å². The van der Waals surface area contributed by atoms with Gasteiger partial charge in [-0.25, -0.2) is 0 Å². The zero-order valence-corrected chi connectivity index (χ0v) is 9.87. The van der Waals surface area contributed by atoms with Gasteiger partial charge in [-0.2, -0.15) is 0 Å². The molecule has 3 nitrogen and oxygen atoms in total. The van der Waals surface area contributed by atoms with Gasteiger partial charge in [0.25, 0.3) is 0 Å². The summed E-state index contributed by atoms with van der Waals surface area (Å²) in [7, 11) is 0. The maximum Gasteiger partial charge on any atom is 0.0478 e. The van der Waals surface area contributed by atoms with E-state index in [0.717, 1.165) is 25.3 Å². The topological polar surface area (TPSA) is 24.5 Å². The van der Waals surface area contributed by atoms with E-state index in [4.69, 9.17) is 4.74 Å². The molecule has 15 heavy (non-hydrogen) atoms. The molecule has 1 N–H and O–H groups in total. The number of rotatable bonds is 5. The van der Waals surface area contributed by atoms with Crippen LogP contribution < -0.4 is 5.32 Å². The Labute approximate surface area is 93.2 Å².